The smallest absolute Gasteiger partial charge is 0.244 e. The van der Waals surface area contributed by atoms with Gasteiger partial charge in [0.2, 0.25) is 5.91 Å². The Hall–Kier alpha value is -1.35. The van der Waals surface area contributed by atoms with Gasteiger partial charge in [0.25, 0.3) is 0 Å². The molecule has 0 aliphatic carbocycles. The van der Waals surface area contributed by atoms with Gasteiger partial charge in [-0.05, 0) is 37.9 Å². The van der Waals surface area contributed by atoms with Gasteiger partial charge in [0.05, 0.1) is 6.04 Å². The van der Waals surface area contributed by atoms with Crippen molar-refractivity contribution >= 4 is 11.6 Å². The van der Waals surface area contributed by atoms with Crippen LogP contribution in [0.15, 0.2) is 30.3 Å². The average molecular weight is 260 g/mol. The first-order valence-corrected chi connectivity index (χ1v) is 7.42. The van der Waals surface area contributed by atoms with Crippen molar-refractivity contribution in [3.05, 3.63) is 30.3 Å². The normalized spacial score (nSPS) is 19.1. The van der Waals surface area contributed by atoms with Gasteiger partial charge in [-0.25, -0.2) is 0 Å². The maximum absolute atomic E-state index is 12.7. The summed E-state index contributed by atoms with van der Waals surface area (Å²) in [7, 11) is 0. The Kier molecular flexibility index (Phi) is 5.40. The highest BCUT2D eigenvalue weighted by atomic mass is 16.2. The first kappa shape index (κ1) is 14.1. The molecule has 1 amide bonds. The summed E-state index contributed by atoms with van der Waals surface area (Å²) in [6.07, 6.45) is 5.46. The molecular formula is C16H24N2O. The lowest BCUT2D eigenvalue weighted by atomic mass is 10.0. The second-order valence-corrected chi connectivity index (χ2v) is 5.18. The molecule has 1 N–H and O–H groups in total. The van der Waals surface area contributed by atoms with Crippen molar-refractivity contribution in [1.29, 1.82) is 0 Å². The lowest BCUT2D eigenvalue weighted by molar-refractivity contribution is -0.121. The molecule has 1 atom stereocenters. The lowest BCUT2D eigenvalue weighted by Crippen LogP contribution is -2.49. The molecular weight excluding hydrogens is 236 g/mol. The monoisotopic (exact) mass is 260 g/mol. The van der Waals surface area contributed by atoms with E-state index in [1.807, 2.05) is 35.2 Å². The van der Waals surface area contributed by atoms with Gasteiger partial charge >= 0.3 is 0 Å². The van der Waals surface area contributed by atoms with Crippen molar-refractivity contribution < 1.29 is 4.79 Å². The van der Waals surface area contributed by atoms with Gasteiger partial charge in [-0.2, -0.15) is 0 Å². The zero-order valence-corrected chi connectivity index (χ0v) is 11.8. The second kappa shape index (κ2) is 7.29. The van der Waals surface area contributed by atoms with E-state index in [0.29, 0.717) is 0 Å². The van der Waals surface area contributed by atoms with Crippen molar-refractivity contribution in [2.24, 2.45) is 0 Å². The average Bonchev–Trinajstić information content (AvgIpc) is 2.49. The number of carbonyl (C=O) groups excluding carboxylic acids is 1. The second-order valence-electron chi connectivity index (χ2n) is 5.18. The summed E-state index contributed by atoms with van der Waals surface area (Å²) in [4.78, 5) is 14.6. The van der Waals surface area contributed by atoms with Crippen LogP contribution in [-0.2, 0) is 4.79 Å². The number of hydrogen-bond acceptors (Lipinski definition) is 2. The molecule has 0 spiro atoms. The zero-order chi connectivity index (χ0) is 13.5. The summed E-state index contributed by atoms with van der Waals surface area (Å²) in [6, 6.07) is 10.0. The predicted octanol–water partition coefficient (Wildman–Crippen LogP) is 2.96. The molecule has 1 aromatic carbocycles. The first-order chi connectivity index (χ1) is 9.33. The Morgan fingerprint density at radius 2 is 2.11 bits per heavy atom. The number of amides is 1. The van der Waals surface area contributed by atoms with Crippen LogP contribution in [0.5, 0.6) is 0 Å². The number of nitrogens with zero attached hydrogens (tertiary/aromatic N) is 1. The number of hydrogen-bond donors (Lipinski definition) is 1. The molecule has 104 valence electrons. The molecule has 1 aliphatic heterocycles. The van der Waals surface area contributed by atoms with Gasteiger partial charge in [-0.15, -0.1) is 0 Å². The van der Waals surface area contributed by atoms with Crippen molar-refractivity contribution in [2.45, 2.75) is 45.1 Å². The van der Waals surface area contributed by atoms with E-state index in [0.717, 1.165) is 44.5 Å². The standard InChI is InChI=1S/C16H24N2O/c1-2-3-13-18(14-9-5-4-6-10-14)16(19)15-11-7-8-12-17-15/h4-6,9-10,15,17H,2-3,7-8,11-13H2,1H3. The van der Waals surface area contributed by atoms with Crippen LogP contribution in [0, 0.1) is 0 Å². The van der Waals surface area contributed by atoms with E-state index < -0.39 is 0 Å². The Bertz CT molecular complexity index is 385. The van der Waals surface area contributed by atoms with Gasteiger partial charge < -0.3 is 10.2 Å². The Morgan fingerprint density at radius 3 is 2.74 bits per heavy atom. The maximum atomic E-state index is 12.7. The number of unbranched alkanes of at least 4 members (excludes halogenated alkanes) is 1. The highest BCUT2D eigenvalue weighted by Gasteiger charge is 2.26. The van der Waals surface area contributed by atoms with Crippen LogP contribution in [0.1, 0.15) is 39.0 Å². The third-order valence-electron chi connectivity index (χ3n) is 3.68. The molecule has 1 heterocycles. The molecule has 1 fully saturated rings. The van der Waals surface area contributed by atoms with Gasteiger partial charge in [-0.1, -0.05) is 38.0 Å². The minimum atomic E-state index is 0.00538. The van der Waals surface area contributed by atoms with Crippen LogP contribution in [0.25, 0.3) is 0 Å². The van der Waals surface area contributed by atoms with E-state index in [2.05, 4.69) is 12.2 Å². The van der Waals surface area contributed by atoms with Gasteiger partial charge in [0.1, 0.15) is 0 Å². The van der Waals surface area contributed by atoms with Gasteiger partial charge in [0.15, 0.2) is 0 Å². The van der Waals surface area contributed by atoms with E-state index in [1.54, 1.807) is 0 Å². The molecule has 2 rings (SSSR count). The highest BCUT2D eigenvalue weighted by Crippen LogP contribution is 2.18. The number of piperidine rings is 1. The molecule has 0 radical (unpaired) electrons. The molecule has 1 aromatic rings. The van der Waals surface area contributed by atoms with E-state index in [1.165, 1.54) is 6.42 Å². The Morgan fingerprint density at radius 1 is 1.32 bits per heavy atom. The number of benzene rings is 1. The Balaban J connectivity index is 2.10. The molecule has 3 heteroatoms. The van der Waals surface area contributed by atoms with E-state index >= 15 is 0 Å². The first-order valence-electron chi connectivity index (χ1n) is 7.42. The van der Waals surface area contributed by atoms with Crippen molar-refractivity contribution in [3.8, 4) is 0 Å². The van der Waals surface area contributed by atoms with E-state index in [-0.39, 0.29) is 11.9 Å². The predicted molar refractivity (Wildman–Crippen MR) is 79.3 cm³/mol. The Labute approximate surface area is 116 Å². The number of para-hydroxylation sites is 1. The number of nitrogens with one attached hydrogen (secondary N) is 1. The molecule has 3 nitrogen and oxygen atoms in total. The molecule has 19 heavy (non-hydrogen) atoms. The molecule has 0 aromatic heterocycles. The van der Waals surface area contributed by atoms with E-state index in [4.69, 9.17) is 0 Å². The van der Waals surface area contributed by atoms with Crippen LogP contribution in [0.2, 0.25) is 0 Å². The highest BCUT2D eigenvalue weighted by molar-refractivity contribution is 5.97. The van der Waals surface area contributed by atoms with Crippen LogP contribution >= 0.6 is 0 Å². The largest absolute Gasteiger partial charge is 0.311 e. The summed E-state index contributed by atoms with van der Waals surface area (Å²) >= 11 is 0. The zero-order valence-electron chi connectivity index (χ0n) is 11.8. The molecule has 0 saturated carbocycles. The summed E-state index contributed by atoms with van der Waals surface area (Å²) in [6.45, 7) is 3.94. The fraction of sp³-hybridized carbons (Fsp3) is 0.562. The quantitative estimate of drug-likeness (QED) is 0.882. The molecule has 1 saturated heterocycles. The fourth-order valence-corrected chi connectivity index (χ4v) is 2.54. The minimum absolute atomic E-state index is 0.00538. The summed E-state index contributed by atoms with van der Waals surface area (Å²) in [5, 5.41) is 3.35. The summed E-state index contributed by atoms with van der Waals surface area (Å²) in [5.41, 5.74) is 1.02. The van der Waals surface area contributed by atoms with E-state index in [9.17, 15) is 4.79 Å². The number of rotatable bonds is 5. The fourth-order valence-electron chi connectivity index (χ4n) is 2.54. The molecule has 1 unspecified atom stereocenters. The van der Waals surface area contributed by atoms with Crippen molar-refractivity contribution in [1.82, 2.24) is 5.32 Å². The number of carbonyl (C=O) groups is 1. The van der Waals surface area contributed by atoms with Gasteiger partial charge in [0, 0.05) is 12.2 Å². The third-order valence-corrected chi connectivity index (χ3v) is 3.68. The van der Waals surface area contributed by atoms with Crippen LogP contribution in [0.3, 0.4) is 0 Å². The molecule has 1 aliphatic rings. The lowest BCUT2D eigenvalue weighted by Gasteiger charge is -2.30. The van der Waals surface area contributed by atoms with Crippen LogP contribution in [-0.4, -0.2) is 25.0 Å². The van der Waals surface area contributed by atoms with Crippen LogP contribution < -0.4 is 10.2 Å². The van der Waals surface area contributed by atoms with Gasteiger partial charge in [-0.3, -0.25) is 4.79 Å². The topological polar surface area (TPSA) is 32.3 Å². The SMILES string of the molecule is CCCCN(C(=O)C1CCCCN1)c1ccccc1. The maximum Gasteiger partial charge on any atom is 0.244 e. The summed E-state index contributed by atoms with van der Waals surface area (Å²) in [5.74, 6) is 0.236. The minimum Gasteiger partial charge on any atom is -0.311 e. The third kappa shape index (κ3) is 3.80. The number of anilines is 1. The van der Waals surface area contributed by atoms with Crippen LogP contribution in [0.4, 0.5) is 5.69 Å². The molecule has 0 bridgehead atoms. The summed E-state index contributed by atoms with van der Waals surface area (Å²) < 4.78 is 0. The van der Waals surface area contributed by atoms with Crippen molar-refractivity contribution in [2.75, 3.05) is 18.0 Å². The van der Waals surface area contributed by atoms with Crippen molar-refractivity contribution in [3.63, 3.8) is 0 Å².